The molecular formula is C12H13F2N3. The predicted octanol–water partition coefficient (Wildman–Crippen LogP) is 2.14. The van der Waals surface area contributed by atoms with Crippen molar-refractivity contribution in [3.63, 3.8) is 0 Å². The molecular weight excluding hydrogens is 224 g/mol. The zero-order valence-corrected chi connectivity index (χ0v) is 9.40. The Morgan fingerprint density at radius 3 is 2.53 bits per heavy atom. The Morgan fingerprint density at radius 1 is 1.29 bits per heavy atom. The first-order valence-electron chi connectivity index (χ1n) is 5.22. The predicted molar refractivity (Wildman–Crippen MR) is 61.6 cm³/mol. The summed E-state index contributed by atoms with van der Waals surface area (Å²) in [5, 5.41) is 4.08. The van der Waals surface area contributed by atoms with Gasteiger partial charge in [-0.1, -0.05) is 30.3 Å². The van der Waals surface area contributed by atoms with Crippen LogP contribution in [0.15, 0.2) is 36.4 Å². The van der Waals surface area contributed by atoms with Crippen molar-refractivity contribution in [1.29, 1.82) is 0 Å². The minimum absolute atomic E-state index is 0.168. The molecule has 0 aliphatic heterocycles. The van der Waals surface area contributed by atoms with Crippen molar-refractivity contribution in [3.8, 4) is 11.3 Å². The van der Waals surface area contributed by atoms with Crippen molar-refractivity contribution >= 4 is 0 Å². The highest BCUT2D eigenvalue weighted by Gasteiger charge is 2.33. The van der Waals surface area contributed by atoms with E-state index in [1.807, 2.05) is 30.3 Å². The van der Waals surface area contributed by atoms with E-state index >= 15 is 0 Å². The normalized spacial score (nSPS) is 11.8. The molecule has 1 aromatic carbocycles. The minimum Gasteiger partial charge on any atom is -0.325 e. The second-order valence-electron chi connectivity index (χ2n) is 3.81. The lowest BCUT2D eigenvalue weighted by molar-refractivity contribution is -0.00238. The number of aryl methyl sites for hydroxylation is 1. The summed E-state index contributed by atoms with van der Waals surface area (Å²) in [5.74, 6) is -3.05. The van der Waals surface area contributed by atoms with Crippen molar-refractivity contribution in [2.75, 3.05) is 6.54 Å². The summed E-state index contributed by atoms with van der Waals surface area (Å²) in [7, 11) is 1.49. The van der Waals surface area contributed by atoms with Crippen LogP contribution in [0.5, 0.6) is 0 Å². The molecule has 17 heavy (non-hydrogen) atoms. The van der Waals surface area contributed by atoms with E-state index in [1.54, 1.807) is 0 Å². The molecule has 0 amide bonds. The van der Waals surface area contributed by atoms with E-state index in [2.05, 4.69) is 5.10 Å². The van der Waals surface area contributed by atoms with Crippen molar-refractivity contribution < 1.29 is 8.78 Å². The van der Waals surface area contributed by atoms with Gasteiger partial charge in [0.1, 0.15) is 5.69 Å². The van der Waals surface area contributed by atoms with Crippen LogP contribution in [-0.2, 0) is 13.0 Å². The first kappa shape index (κ1) is 11.7. The molecule has 0 saturated carbocycles. The van der Waals surface area contributed by atoms with Gasteiger partial charge in [-0.3, -0.25) is 4.68 Å². The molecule has 1 heterocycles. The third kappa shape index (κ3) is 2.19. The van der Waals surface area contributed by atoms with Crippen molar-refractivity contribution in [3.05, 3.63) is 42.1 Å². The maximum Gasteiger partial charge on any atom is 0.301 e. The Balaban J connectivity index is 2.45. The van der Waals surface area contributed by atoms with Crippen LogP contribution in [0.25, 0.3) is 11.3 Å². The molecule has 0 saturated heterocycles. The van der Waals surface area contributed by atoms with E-state index in [1.165, 1.54) is 17.8 Å². The first-order valence-corrected chi connectivity index (χ1v) is 5.22. The Morgan fingerprint density at radius 2 is 1.94 bits per heavy atom. The fourth-order valence-electron chi connectivity index (χ4n) is 1.66. The van der Waals surface area contributed by atoms with Crippen LogP contribution in [0.2, 0.25) is 0 Å². The molecule has 3 nitrogen and oxygen atoms in total. The Kier molecular flexibility index (Phi) is 2.93. The molecule has 2 N–H and O–H groups in total. The second-order valence-corrected chi connectivity index (χ2v) is 3.81. The molecule has 0 fully saturated rings. The molecule has 2 aromatic rings. The van der Waals surface area contributed by atoms with Crippen LogP contribution < -0.4 is 5.73 Å². The Labute approximate surface area is 97.9 Å². The van der Waals surface area contributed by atoms with Gasteiger partial charge in [0.2, 0.25) is 0 Å². The second kappa shape index (κ2) is 4.25. The third-order valence-electron chi connectivity index (χ3n) is 2.58. The lowest BCUT2D eigenvalue weighted by atomic mass is 10.1. The molecule has 0 aliphatic rings. The number of halogens is 2. The van der Waals surface area contributed by atoms with Gasteiger partial charge >= 0.3 is 5.92 Å². The van der Waals surface area contributed by atoms with Gasteiger partial charge < -0.3 is 5.73 Å². The largest absolute Gasteiger partial charge is 0.325 e. The summed E-state index contributed by atoms with van der Waals surface area (Å²) in [6, 6.07) is 10.6. The molecule has 2 rings (SSSR count). The zero-order valence-electron chi connectivity index (χ0n) is 9.40. The van der Waals surface area contributed by atoms with Gasteiger partial charge in [-0.25, -0.2) is 0 Å². The van der Waals surface area contributed by atoms with E-state index < -0.39 is 12.5 Å². The number of nitrogens with zero attached hydrogens (tertiary/aromatic N) is 2. The fraction of sp³-hybridized carbons (Fsp3) is 0.250. The van der Waals surface area contributed by atoms with Gasteiger partial charge in [0.25, 0.3) is 0 Å². The number of nitrogens with two attached hydrogens (primary N) is 1. The average molecular weight is 237 g/mol. The molecule has 1 aromatic heterocycles. The number of hydrogen-bond acceptors (Lipinski definition) is 2. The highest BCUT2D eigenvalue weighted by atomic mass is 19.3. The van der Waals surface area contributed by atoms with Crippen molar-refractivity contribution in [1.82, 2.24) is 9.78 Å². The van der Waals surface area contributed by atoms with Gasteiger partial charge in [-0.2, -0.15) is 13.9 Å². The zero-order chi connectivity index (χ0) is 12.5. The van der Waals surface area contributed by atoms with Crippen LogP contribution in [0.3, 0.4) is 0 Å². The van der Waals surface area contributed by atoms with Crippen LogP contribution in [0.1, 0.15) is 5.69 Å². The monoisotopic (exact) mass is 237 g/mol. The van der Waals surface area contributed by atoms with E-state index in [9.17, 15) is 8.78 Å². The summed E-state index contributed by atoms with van der Waals surface area (Å²) in [6.07, 6.45) is 0. The van der Waals surface area contributed by atoms with Gasteiger partial charge in [-0.15, -0.1) is 0 Å². The van der Waals surface area contributed by atoms with Gasteiger partial charge in [0.05, 0.1) is 12.2 Å². The molecule has 5 heteroatoms. The Hall–Kier alpha value is -1.75. The topological polar surface area (TPSA) is 43.8 Å². The van der Waals surface area contributed by atoms with E-state index in [0.717, 1.165) is 5.56 Å². The maximum atomic E-state index is 13.5. The fourth-order valence-corrected chi connectivity index (χ4v) is 1.66. The summed E-state index contributed by atoms with van der Waals surface area (Å²) >= 11 is 0. The van der Waals surface area contributed by atoms with Crippen LogP contribution in [0.4, 0.5) is 8.78 Å². The van der Waals surface area contributed by atoms with Crippen molar-refractivity contribution in [2.24, 2.45) is 12.8 Å². The van der Waals surface area contributed by atoms with Crippen molar-refractivity contribution in [2.45, 2.75) is 5.92 Å². The standard InChI is InChI=1S/C12H13F2N3/c1-17-11(12(13,14)8-15)7-10(16-17)9-5-3-2-4-6-9/h2-7H,8,15H2,1H3. The average Bonchev–Trinajstić information content (AvgIpc) is 2.73. The molecule has 0 aliphatic carbocycles. The minimum atomic E-state index is -3.05. The Bertz CT molecular complexity index is 506. The van der Waals surface area contributed by atoms with Crippen LogP contribution in [0, 0.1) is 0 Å². The van der Waals surface area contributed by atoms with Crippen LogP contribution >= 0.6 is 0 Å². The van der Waals surface area contributed by atoms with Gasteiger partial charge in [0, 0.05) is 12.6 Å². The molecule has 0 bridgehead atoms. The summed E-state index contributed by atoms with van der Waals surface area (Å²) in [4.78, 5) is 0. The van der Waals surface area contributed by atoms with E-state index in [0.29, 0.717) is 5.69 Å². The van der Waals surface area contributed by atoms with E-state index in [4.69, 9.17) is 5.73 Å². The molecule has 0 atom stereocenters. The quantitative estimate of drug-likeness (QED) is 0.888. The lowest BCUT2D eigenvalue weighted by Crippen LogP contribution is -2.27. The number of rotatable bonds is 3. The maximum absolute atomic E-state index is 13.5. The summed E-state index contributed by atoms with van der Waals surface area (Å²) in [5.41, 5.74) is 6.23. The summed E-state index contributed by atoms with van der Waals surface area (Å²) in [6.45, 7) is -0.721. The molecule has 0 spiro atoms. The molecule has 0 unspecified atom stereocenters. The number of benzene rings is 1. The number of hydrogen-bond donors (Lipinski definition) is 1. The summed E-state index contributed by atoms with van der Waals surface area (Å²) < 4.78 is 28.2. The SMILES string of the molecule is Cn1nc(-c2ccccc2)cc1C(F)(F)CN. The number of alkyl halides is 2. The molecule has 0 radical (unpaired) electrons. The van der Waals surface area contributed by atoms with E-state index in [-0.39, 0.29) is 5.69 Å². The van der Waals surface area contributed by atoms with Gasteiger partial charge in [0.15, 0.2) is 0 Å². The number of aromatic nitrogens is 2. The molecule has 90 valence electrons. The lowest BCUT2D eigenvalue weighted by Gasteiger charge is -2.12. The first-order chi connectivity index (χ1) is 8.04. The third-order valence-corrected chi connectivity index (χ3v) is 2.58. The highest BCUT2D eigenvalue weighted by Crippen LogP contribution is 2.29. The van der Waals surface area contributed by atoms with Crippen LogP contribution in [-0.4, -0.2) is 16.3 Å². The highest BCUT2D eigenvalue weighted by molar-refractivity contribution is 5.59. The smallest absolute Gasteiger partial charge is 0.301 e. The van der Waals surface area contributed by atoms with Gasteiger partial charge in [-0.05, 0) is 6.07 Å².